The molecule has 1 heterocycles. The van der Waals surface area contributed by atoms with Gasteiger partial charge in [0, 0.05) is 21.8 Å². The van der Waals surface area contributed by atoms with E-state index in [1.807, 2.05) is 57.2 Å². The number of nitriles is 1. The van der Waals surface area contributed by atoms with Gasteiger partial charge in [-0.1, -0.05) is 54.6 Å². The van der Waals surface area contributed by atoms with Gasteiger partial charge in [0.15, 0.2) is 6.10 Å². The first-order valence-electron chi connectivity index (χ1n) is 14.9. The maximum absolute atomic E-state index is 13.3. The second kappa shape index (κ2) is 14.9. The molecule has 0 bridgehead atoms. The molecule has 0 spiro atoms. The molecule has 4 aromatic carbocycles. The van der Waals surface area contributed by atoms with Gasteiger partial charge in [-0.3, -0.25) is 14.3 Å². The van der Waals surface area contributed by atoms with Crippen LogP contribution in [-0.4, -0.2) is 37.6 Å². The molecule has 0 aliphatic heterocycles. The Balaban J connectivity index is 1.29. The Bertz CT molecular complexity index is 2140. The van der Waals surface area contributed by atoms with E-state index in [9.17, 15) is 23.3 Å². The van der Waals surface area contributed by atoms with Gasteiger partial charge in [0.05, 0.1) is 28.2 Å². The Hall–Kier alpha value is -4.90. The summed E-state index contributed by atoms with van der Waals surface area (Å²) in [5.41, 5.74) is 4.38. The Morgan fingerprint density at radius 3 is 2.50 bits per heavy atom. The van der Waals surface area contributed by atoms with Crippen LogP contribution in [0.4, 0.5) is 17.1 Å². The predicted octanol–water partition coefficient (Wildman–Crippen LogP) is 7.69. The van der Waals surface area contributed by atoms with Crippen molar-refractivity contribution in [1.82, 2.24) is 4.98 Å². The zero-order valence-corrected chi connectivity index (χ0v) is 29.1. The number of thiazole rings is 1. The molecule has 5 aromatic rings. The quantitative estimate of drug-likeness (QED) is 0.112. The number of thioether (sulfide) groups is 1. The van der Waals surface area contributed by atoms with Crippen molar-refractivity contribution in [2.45, 2.75) is 43.4 Å². The molecule has 246 valence electrons. The van der Waals surface area contributed by atoms with Crippen LogP contribution < -0.4 is 20.1 Å². The average molecular weight is 700 g/mol. The molecule has 0 aliphatic carbocycles. The minimum absolute atomic E-state index is 0.280. The number of para-hydroxylation sites is 1. The number of rotatable bonds is 12. The zero-order chi connectivity index (χ0) is 34.4. The summed E-state index contributed by atoms with van der Waals surface area (Å²) in [6, 6.07) is 26.9. The highest BCUT2D eigenvalue weighted by molar-refractivity contribution is 8.00. The minimum Gasteiger partial charge on any atom is -0.480 e. The molecule has 0 saturated heterocycles. The van der Waals surface area contributed by atoms with Gasteiger partial charge in [-0.05, 0) is 80.4 Å². The summed E-state index contributed by atoms with van der Waals surface area (Å²) in [6.45, 7) is 5.84. The number of ether oxygens (including phenoxy) is 1. The Morgan fingerprint density at radius 1 is 0.979 bits per heavy atom. The van der Waals surface area contributed by atoms with E-state index < -0.39 is 27.3 Å². The number of amides is 2. The number of carbonyl (C=O) groups is 2. The SMILES string of the molecule is CCC(Oc1ccc(C)cc1C)C(=O)Nc1ccccc1SC(C#N)c1nc2ccc(NC(=O)c3cccc(NS(C)(=O)=O)c3)cc2s1. The molecule has 2 unspecified atom stereocenters. The van der Waals surface area contributed by atoms with Gasteiger partial charge in [-0.25, -0.2) is 13.4 Å². The summed E-state index contributed by atoms with van der Waals surface area (Å²) in [7, 11) is -3.49. The summed E-state index contributed by atoms with van der Waals surface area (Å²) in [6.07, 6.45) is 0.802. The molecule has 0 saturated carbocycles. The number of aryl methyl sites for hydroxylation is 2. The third-order valence-electron chi connectivity index (χ3n) is 7.09. The molecule has 5 rings (SSSR count). The lowest BCUT2D eigenvalue weighted by Crippen LogP contribution is -2.32. The Labute approximate surface area is 287 Å². The van der Waals surface area contributed by atoms with Gasteiger partial charge < -0.3 is 15.4 Å². The van der Waals surface area contributed by atoms with Gasteiger partial charge in [0.2, 0.25) is 10.0 Å². The summed E-state index contributed by atoms with van der Waals surface area (Å²) in [4.78, 5) is 31.6. The van der Waals surface area contributed by atoms with Crippen molar-refractivity contribution in [2.75, 3.05) is 21.6 Å². The third-order valence-corrected chi connectivity index (χ3v) is 10.1. The number of hydrogen-bond acceptors (Lipinski definition) is 9. The number of hydrogen-bond donors (Lipinski definition) is 3. The van der Waals surface area contributed by atoms with Crippen molar-refractivity contribution >= 4 is 72.2 Å². The van der Waals surface area contributed by atoms with E-state index in [-0.39, 0.29) is 17.2 Å². The smallest absolute Gasteiger partial charge is 0.265 e. The van der Waals surface area contributed by atoms with Crippen molar-refractivity contribution in [3.8, 4) is 11.8 Å². The molecule has 0 aliphatic rings. The number of sulfonamides is 1. The van der Waals surface area contributed by atoms with E-state index in [0.717, 1.165) is 22.1 Å². The molecule has 10 nitrogen and oxygen atoms in total. The normalized spacial score (nSPS) is 12.5. The summed E-state index contributed by atoms with van der Waals surface area (Å²) < 4.78 is 32.4. The molecule has 2 amide bonds. The highest BCUT2D eigenvalue weighted by Crippen LogP contribution is 2.41. The Kier molecular flexibility index (Phi) is 10.7. The van der Waals surface area contributed by atoms with E-state index in [1.54, 1.807) is 42.5 Å². The first-order chi connectivity index (χ1) is 22.9. The van der Waals surface area contributed by atoms with Crippen LogP contribution in [0.5, 0.6) is 5.75 Å². The van der Waals surface area contributed by atoms with E-state index >= 15 is 0 Å². The van der Waals surface area contributed by atoms with Gasteiger partial charge in [-0.15, -0.1) is 11.3 Å². The molecule has 1 aromatic heterocycles. The second-order valence-corrected chi connectivity index (χ2v) is 15.0. The first kappa shape index (κ1) is 34.4. The van der Waals surface area contributed by atoms with Gasteiger partial charge in [-0.2, -0.15) is 5.26 Å². The van der Waals surface area contributed by atoms with E-state index in [4.69, 9.17) is 4.74 Å². The van der Waals surface area contributed by atoms with E-state index in [1.165, 1.54) is 29.2 Å². The minimum atomic E-state index is -3.49. The fourth-order valence-electron chi connectivity index (χ4n) is 4.83. The molecule has 3 N–H and O–H groups in total. The fourth-order valence-corrected chi connectivity index (χ4v) is 7.47. The number of benzene rings is 4. The van der Waals surface area contributed by atoms with Crippen LogP contribution in [0.3, 0.4) is 0 Å². The molecular weight excluding hydrogens is 667 g/mol. The number of aromatic nitrogens is 1. The van der Waals surface area contributed by atoms with Crippen molar-refractivity contribution in [2.24, 2.45) is 0 Å². The summed E-state index contributed by atoms with van der Waals surface area (Å²) in [5.74, 6) is -0.0403. The second-order valence-electron chi connectivity index (χ2n) is 11.0. The number of nitrogens with one attached hydrogen (secondary N) is 3. The van der Waals surface area contributed by atoms with Crippen LogP contribution >= 0.6 is 23.1 Å². The third kappa shape index (κ3) is 8.71. The van der Waals surface area contributed by atoms with Crippen LogP contribution in [0.25, 0.3) is 10.2 Å². The molecule has 0 radical (unpaired) electrons. The van der Waals surface area contributed by atoms with Crippen LogP contribution in [-0.2, 0) is 14.8 Å². The standard InChI is InChI=1S/C35H33N5O5S3/c1-5-28(45-29-16-13-21(2)17-22(29)3)34(42)38-26-11-6-7-12-30(26)46-32(20-36)35-39-27-15-14-24(19-31(27)47-35)37-33(41)23-9-8-10-25(18-23)40-48(4,43)44/h6-19,28,32,40H,5H2,1-4H3,(H,37,41)(H,38,42). The highest BCUT2D eigenvalue weighted by atomic mass is 32.2. The largest absolute Gasteiger partial charge is 0.480 e. The van der Waals surface area contributed by atoms with Crippen molar-refractivity contribution in [1.29, 1.82) is 5.26 Å². The van der Waals surface area contributed by atoms with Gasteiger partial charge >= 0.3 is 0 Å². The van der Waals surface area contributed by atoms with E-state index in [0.29, 0.717) is 39.0 Å². The molecule has 0 fully saturated rings. The maximum atomic E-state index is 13.3. The first-order valence-corrected chi connectivity index (χ1v) is 18.5. The van der Waals surface area contributed by atoms with Gasteiger partial charge in [0.1, 0.15) is 16.0 Å². The van der Waals surface area contributed by atoms with Crippen LogP contribution in [0, 0.1) is 25.2 Å². The lowest BCUT2D eigenvalue weighted by atomic mass is 10.1. The van der Waals surface area contributed by atoms with Crippen LogP contribution in [0.15, 0.2) is 89.8 Å². The van der Waals surface area contributed by atoms with Crippen molar-refractivity contribution < 1.29 is 22.7 Å². The van der Waals surface area contributed by atoms with Gasteiger partial charge in [0.25, 0.3) is 11.8 Å². The maximum Gasteiger partial charge on any atom is 0.265 e. The molecule has 48 heavy (non-hydrogen) atoms. The summed E-state index contributed by atoms with van der Waals surface area (Å²) >= 11 is 2.62. The zero-order valence-electron chi connectivity index (χ0n) is 26.6. The van der Waals surface area contributed by atoms with Crippen LogP contribution in [0.1, 0.15) is 45.1 Å². The van der Waals surface area contributed by atoms with Crippen molar-refractivity contribution in [3.63, 3.8) is 0 Å². The lowest BCUT2D eigenvalue weighted by Gasteiger charge is -2.20. The predicted molar refractivity (Wildman–Crippen MR) is 192 cm³/mol. The monoisotopic (exact) mass is 699 g/mol. The number of anilines is 3. The molecule has 13 heteroatoms. The van der Waals surface area contributed by atoms with Crippen LogP contribution in [0.2, 0.25) is 0 Å². The number of nitrogens with zero attached hydrogens (tertiary/aromatic N) is 2. The average Bonchev–Trinajstić information content (AvgIpc) is 3.46. The highest BCUT2D eigenvalue weighted by Gasteiger charge is 2.23. The fraction of sp³-hybridized carbons (Fsp3) is 0.200. The summed E-state index contributed by atoms with van der Waals surface area (Å²) in [5, 5.41) is 15.9. The lowest BCUT2D eigenvalue weighted by molar-refractivity contribution is -0.122. The topological polar surface area (TPSA) is 150 Å². The number of fused-ring (bicyclic) bond motifs is 1. The van der Waals surface area contributed by atoms with E-state index in [2.05, 4.69) is 26.4 Å². The Morgan fingerprint density at radius 2 is 1.77 bits per heavy atom. The number of carbonyl (C=O) groups excluding carboxylic acids is 2. The molecular formula is C35H33N5O5S3. The van der Waals surface area contributed by atoms with Crippen molar-refractivity contribution in [3.05, 3.63) is 107 Å². The molecule has 2 atom stereocenters.